The molecule has 0 spiro atoms. The smallest absolute Gasteiger partial charge is 0.175 e. The van der Waals surface area contributed by atoms with Gasteiger partial charge in [-0.1, -0.05) is 25.3 Å². The minimum Gasteiger partial charge on any atom is -0.330 e. The van der Waals surface area contributed by atoms with Gasteiger partial charge in [-0.05, 0) is 30.5 Å². The van der Waals surface area contributed by atoms with Crippen molar-refractivity contribution in [2.75, 3.05) is 12.8 Å². The average Bonchev–Trinajstić information content (AvgIpc) is 2.38. The van der Waals surface area contributed by atoms with Gasteiger partial charge in [0.05, 0.1) is 4.90 Å². The Labute approximate surface area is 113 Å². The molecular formula is C14H20FNO2S. The summed E-state index contributed by atoms with van der Waals surface area (Å²) in [5.74, 6) is -0.449. The Morgan fingerprint density at radius 1 is 1.26 bits per heavy atom. The zero-order valence-electron chi connectivity index (χ0n) is 11.2. The summed E-state index contributed by atoms with van der Waals surface area (Å²) in [6, 6.07) is 4.21. The summed E-state index contributed by atoms with van der Waals surface area (Å²) in [6.45, 7) is 0.405. The molecule has 106 valence electrons. The first-order chi connectivity index (χ1) is 8.89. The van der Waals surface area contributed by atoms with Gasteiger partial charge < -0.3 is 5.73 Å². The lowest BCUT2D eigenvalue weighted by atomic mass is 9.69. The maximum absolute atomic E-state index is 14.3. The normalized spacial score (nSPS) is 19.3. The third kappa shape index (κ3) is 2.82. The van der Waals surface area contributed by atoms with Crippen LogP contribution in [0.5, 0.6) is 0 Å². The van der Waals surface area contributed by atoms with Crippen LogP contribution in [0.4, 0.5) is 4.39 Å². The third-order valence-corrected chi connectivity index (χ3v) is 5.25. The van der Waals surface area contributed by atoms with Crippen molar-refractivity contribution in [3.8, 4) is 0 Å². The second-order valence-electron chi connectivity index (χ2n) is 5.46. The fourth-order valence-corrected chi connectivity index (χ4v) is 3.60. The van der Waals surface area contributed by atoms with Crippen LogP contribution < -0.4 is 5.73 Å². The van der Waals surface area contributed by atoms with E-state index < -0.39 is 15.7 Å². The molecule has 1 aliphatic carbocycles. The van der Waals surface area contributed by atoms with Crippen molar-refractivity contribution in [1.82, 2.24) is 0 Å². The number of sulfone groups is 1. The Bertz CT molecular complexity index is 563. The van der Waals surface area contributed by atoms with Crippen LogP contribution in [0, 0.1) is 5.82 Å². The molecule has 2 N–H and O–H groups in total. The summed E-state index contributed by atoms with van der Waals surface area (Å²) in [7, 11) is -3.37. The number of benzene rings is 1. The third-order valence-electron chi connectivity index (χ3n) is 4.14. The first-order valence-corrected chi connectivity index (χ1v) is 8.48. The molecule has 1 aromatic rings. The Balaban J connectivity index is 2.45. The first kappa shape index (κ1) is 14.5. The molecular weight excluding hydrogens is 265 g/mol. The molecule has 0 atom stereocenters. The van der Waals surface area contributed by atoms with Gasteiger partial charge in [-0.3, -0.25) is 0 Å². The van der Waals surface area contributed by atoms with E-state index in [1.165, 1.54) is 6.07 Å². The van der Waals surface area contributed by atoms with Crippen molar-refractivity contribution in [2.24, 2.45) is 5.73 Å². The van der Waals surface area contributed by atoms with E-state index in [0.717, 1.165) is 44.4 Å². The second kappa shape index (κ2) is 5.21. The maximum Gasteiger partial charge on any atom is 0.175 e. The van der Waals surface area contributed by atoms with Crippen molar-refractivity contribution in [3.05, 3.63) is 29.6 Å². The van der Waals surface area contributed by atoms with Crippen molar-refractivity contribution < 1.29 is 12.8 Å². The van der Waals surface area contributed by atoms with Gasteiger partial charge in [0.15, 0.2) is 9.84 Å². The van der Waals surface area contributed by atoms with E-state index in [9.17, 15) is 12.8 Å². The molecule has 5 heteroatoms. The molecule has 1 fully saturated rings. The molecule has 0 amide bonds. The van der Waals surface area contributed by atoms with Crippen LogP contribution in [-0.4, -0.2) is 21.2 Å². The summed E-state index contributed by atoms with van der Waals surface area (Å²) in [5.41, 5.74) is 6.13. The number of hydrogen-bond acceptors (Lipinski definition) is 3. The highest BCUT2D eigenvalue weighted by atomic mass is 32.2. The summed E-state index contributed by atoms with van der Waals surface area (Å²) < 4.78 is 37.1. The predicted molar refractivity (Wildman–Crippen MR) is 73.3 cm³/mol. The van der Waals surface area contributed by atoms with Crippen LogP contribution >= 0.6 is 0 Å². The minimum atomic E-state index is -3.37. The molecule has 0 aliphatic heterocycles. The second-order valence-corrected chi connectivity index (χ2v) is 7.47. The predicted octanol–water partition coefficient (Wildman–Crippen LogP) is 2.39. The van der Waals surface area contributed by atoms with E-state index in [1.807, 2.05) is 0 Å². The zero-order chi connectivity index (χ0) is 14.1. The molecule has 1 aliphatic rings. The Kier molecular flexibility index (Phi) is 3.97. The summed E-state index contributed by atoms with van der Waals surface area (Å²) in [4.78, 5) is 0.0248. The maximum atomic E-state index is 14.3. The quantitative estimate of drug-likeness (QED) is 0.927. The van der Waals surface area contributed by atoms with E-state index >= 15 is 0 Å². The SMILES string of the molecule is CS(=O)(=O)c1ccc(C2(CN)CCCCC2)c(F)c1. The van der Waals surface area contributed by atoms with Crippen molar-refractivity contribution in [3.63, 3.8) is 0 Å². The fraction of sp³-hybridized carbons (Fsp3) is 0.571. The van der Waals surface area contributed by atoms with Crippen molar-refractivity contribution in [2.45, 2.75) is 42.4 Å². The van der Waals surface area contributed by atoms with Gasteiger partial charge in [0, 0.05) is 18.2 Å². The minimum absolute atomic E-state index is 0.0248. The lowest BCUT2D eigenvalue weighted by Gasteiger charge is -2.37. The van der Waals surface area contributed by atoms with Crippen LogP contribution in [-0.2, 0) is 15.3 Å². The highest BCUT2D eigenvalue weighted by Gasteiger charge is 2.35. The molecule has 0 aromatic heterocycles. The largest absolute Gasteiger partial charge is 0.330 e. The van der Waals surface area contributed by atoms with Gasteiger partial charge in [-0.15, -0.1) is 0 Å². The molecule has 0 bridgehead atoms. The Morgan fingerprint density at radius 3 is 2.37 bits per heavy atom. The van der Waals surface area contributed by atoms with Crippen LogP contribution in [0.3, 0.4) is 0 Å². The molecule has 2 rings (SSSR count). The van der Waals surface area contributed by atoms with E-state index in [0.29, 0.717) is 12.1 Å². The molecule has 0 heterocycles. The summed E-state index contributed by atoms with van der Waals surface area (Å²) in [5, 5.41) is 0. The van der Waals surface area contributed by atoms with Gasteiger partial charge in [-0.2, -0.15) is 0 Å². The average molecular weight is 285 g/mol. The highest BCUT2D eigenvalue weighted by Crippen LogP contribution is 2.40. The van der Waals surface area contributed by atoms with E-state index in [-0.39, 0.29) is 10.3 Å². The van der Waals surface area contributed by atoms with E-state index in [4.69, 9.17) is 5.73 Å². The standard InChI is InChI=1S/C14H20FNO2S/c1-19(17,18)11-5-6-12(13(15)9-11)14(10-16)7-3-2-4-8-14/h5-6,9H,2-4,7-8,10,16H2,1H3. The topological polar surface area (TPSA) is 60.2 Å². The molecule has 1 saturated carbocycles. The number of hydrogen-bond donors (Lipinski definition) is 1. The van der Waals surface area contributed by atoms with E-state index in [1.54, 1.807) is 6.07 Å². The lowest BCUT2D eigenvalue weighted by Crippen LogP contribution is -2.38. The van der Waals surface area contributed by atoms with Crippen LogP contribution in [0.2, 0.25) is 0 Å². The summed E-state index contributed by atoms with van der Waals surface area (Å²) in [6.07, 6.45) is 6.08. The zero-order valence-corrected chi connectivity index (χ0v) is 12.0. The van der Waals surface area contributed by atoms with Gasteiger partial charge in [0.2, 0.25) is 0 Å². The Hall–Kier alpha value is -0.940. The van der Waals surface area contributed by atoms with Crippen LogP contribution in [0.15, 0.2) is 23.1 Å². The molecule has 0 unspecified atom stereocenters. The van der Waals surface area contributed by atoms with Crippen molar-refractivity contribution in [1.29, 1.82) is 0 Å². The van der Waals surface area contributed by atoms with Crippen molar-refractivity contribution >= 4 is 9.84 Å². The molecule has 1 aromatic carbocycles. The molecule has 3 nitrogen and oxygen atoms in total. The lowest BCUT2D eigenvalue weighted by molar-refractivity contribution is 0.291. The summed E-state index contributed by atoms with van der Waals surface area (Å²) >= 11 is 0. The molecule has 0 saturated heterocycles. The first-order valence-electron chi connectivity index (χ1n) is 6.59. The van der Waals surface area contributed by atoms with Gasteiger partial charge >= 0.3 is 0 Å². The number of halogens is 1. The number of rotatable bonds is 3. The van der Waals surface area contributed by atoms with Gasteiger partial charge in [-0.25, -0.2) is 12.8 Å². The molecule has 0 radical (unpaired) electrons. The monoisotopic (exact) mass is 285 g/mol. The van der Waals surface area contributed by atoms with E-state index in [2.05, 4.69) is 0 Å². The number of nitrogens with two attached hydrogens (primary N) is 1. The highest BCUT2D eigenvalue weighted by molar-refractivity contribution is 7.90. The van der Waals surface area contributed by atoms with Gasteiger partial charge in [0.1, 0.15) is 5.82 Å². The van der Waals surface area contributed by atoms with Crippen LogP contribution in [0.1, 0.15) is 37.7 Å². The van der Waals surface area contributed by atoms with Gasteiger partial charge in [0.25, 0.3) is 0 Å². The fourth-order valence-electron chi connectivity index (χ4n) is 2.97. The van der Waals surface area contributed by atoms with Crippen LogP contribution in [0.25, 0.3) is 0 Å². The molecule has 19 heavy (non-hydrogen) atoms. The Morgan fingerprint density at radius 2 is 1.89 bits per heavy atom.